The third kappa shape index (κ3) is 5.46. The van der Waals surface area contributed by atoms with Crippen LogP contribution in [0.3, 0.4) is 0 Å². The zero-order valence-corrected chi connectivity index (χ0v) is 20.4. The van der Waals surface area contributed by atoms with Crippen LogP contribution in [0.4, 0.5) is 17.5 Å². The highest BCUT2D eigenvalue weighted by Crippen LogP contribution is 2.32. The first-order valence-corrected chi connectivity index (χ1v) is 11.7. The van der Waals surface area contributed by atoms with E-state index in [-0.39, 0.29) is 6.61 Å². The van der Waals surface area contributed by atoms with Gasteiger partial charge in [-0.15, -0.1) is 5.10 Å². The van der Waals surface area contributed by atoms with Gasteiger partial charge in [-0.1, -0.05) is 0 Å². The molecule has 1 saturated heterocycles. The average Bonchev–Trinajstić information content (AvgIpc) is 3.49. The molecule has 0 radical (unpaired) electrons. The number of methoxy groups -OCH3 is 1. The first-order chi connectivity index (χ1) is 18.1. The predicted octanol–water partition coefficient (Wildman–Crippen LogP) is 2.28. The fraction of sp³-hybridized carbons (Fsp3) is 0.292. The molecule has 190 valence electrons. The van der Waals surface area contributed by atoms with E-state index >= 15 is 0 Å². The van der Waals surface area contributed by atoms with Gasteiger partial charge in [-0.3, -0.25) is 4.98 Å². The van der Waals surface area contributed by atoms with Gasteiger partial charge in [0, 0.05) is 60.6 Å². The summed E-state index contributed by atoms with van der Waals surface area (Å²) in [4.78, 5) is 28.1. The second kappa shape index (κ2) is 11.0. The summed E-state index contributed by atoms with van der Waals surface area (Å²) >= 11 is 0. The van der Waals surface area contributed by atoms with Crippen LogP contribution in [-0.2, 0) is 9.47 Å². The highest BCUT2D eigenvalue weighted by atomic mass is 16.5. The van der Waals surface area contributed by atoms with Crippen LogP contribution in [0.25, 0.3) is 16.8 Å². The molecular weight excluding hydrogens is 478 g/mol. The van der Waals surface area contributed by atoms with Gasteiger partial charge < -0.3 is 24.4 Å². The lowest BCUT2D eigenvalue weighted by molar-refractivity contribution is 0.0526. The molecule has 0 amide bonds. The molecular formula is C24H25N9O4. The fourth-order valence-electron chi connectivity index (χ4n) is 3.88. The van der Waals surface area contributed by atoms with E-state index in [4.69, 9.17) is 19.2 Å². The van der Waals surface area contributed by atoms with Crippen LogP contribution in [-0.4, -0.2) is 81.1 Å². The monoisotopic (exact) mass is 503 g/mol. The third-order valence-electron chi connectivity index (χ3n) is 5.64. The van der Waals surface area contributed by atoms with Crippen LogP contribution in [0.1, 0.15) is 17.3 Å². The number of nitrogens with zero attached hydrogens (tertiary/aromatic N) is 8. The maximum absolute atomic E-state index is 12.3. The number of anilines is 3. The molecule has 0 saturated carbocycles. The van der Waals surface area contributed by atoms with E-state index < -0.39 is 5.97 Å². The SMILES string of the molecule is CCOC(=O)c1cncc(-c2cnc(Nc3cc(OC)cc(-n4cnnn4)c3)nc2N2CCOCC2)c1. The van der Waals surface area contributed by atoms with Crippen LogP contribution in [0.2, 0.25) is 0 Å². The molecule has 0 aliphatic carbocycles. The topological polar surface area (TPSA) is 142 Å². The number of hydrogen-bond acceptors (Lipinski definition) is 12. The zero-order chi connectivity index (χ0) is 25.6. The van der Waals surface area contributed by atoms with Gasteiger partial charge in [0.2, 0.25) is 5.95 Å². The number of rotatable bonds is 8. The van der Waals surface area contributed by atoms with Gasteiger partial charge in [0.1, 0.15) is 17.9 Å². The number of morpholine rings is 1. The van der Waals surface area contributed by atoms with Gasteiger partial charge in [0.15, 0.2) is 0 Å². The minimum absolute atomic E-state index is 0.283. The molecule has 0 spiro atoms. The Morgan fingerprint density at radius 3 is 2.76 bits per heavy atom. The van der Waals surface area contributed by atoms with Crippen molar-refractivity contribution in [3.05, 3.63) is 54.7 Å². The van der Waals surface area contributed by atoms with E-state index in [2.05, 4.69) is 35.7 Å². The van der Waals surface area contributed by atoms with E-state index in [1.807, 2.05) is 18.2 Å². The molecule has 4 aromatic rings. The average molecular weight is 504 g/mol. The molecule has 13 nitrogen and oxygen atoms in total. The maximum atomic E-state index is 12.3. The number of aromatic nitrogens is 7. The number of ether oxygens (including phenoxy) is 3. The van der Waals surface area contributed by atoms with E-state index in [9.17, 15) is 4.79 Å². The van der Waals surface area contributed by atoms with Crippen molar-refractivity contribution in [3.63, 3.8) is 0 Å². The summed E-state index contributed by atoms with van der Waals surface area (Å²) in [7, 11) is 1.59. The number of pyridine rings is 1. The number of tetrazole rings is 1. The first-order valence-electron chi connectivity index (χ1n) is 11.7. The quantitative estimate of drug-likeness (QED) is 0.352. The molecule has 3 aromatic heterocycles. The predicted molar refractivity (Wildman–Crippen MR) is 133 cm³/mol. The molecule has 5 rings (SSSR count). The van der Waals surface area contributed by atoms with Crippen molar-refractivity contribution in [2.24, 2.45) is 0 Å². The Labute approximate surface area is 212 Å². The summed E-state index contributed by atoms with van der Waals surface area (Å²) < 4.78 is 17.6. The Morgan fingerprint density at radius 2 is 2.00 bits per heavy atom. The fourth-order valence-corrected chi connectivity index (χ4v) is 3.88. The minimum Gasteiger partial charge on any atom is -0.497 e. The molecule has 1 aromatic carbocycles. The van der Waals surface area contributed by atoms with Crippen LogP contribution >= 0.6 is 0 Å². The summed E-state index contributed by atoms with van der Waals surface area (Å²) in [6.07, 6.45) is 6.38. The Bertz CT molecular complexity index is 1370. The molecule has 13 heteroatoms. The van der Waals surface area contributed by atoms with Crippen molar-refractivity contribution in [2.45, 2.75) is 6.92 Å². The molecule has 1 fully saturated rings. The standard InChI is InChI=1S/C24H25N9O4/c1-3-37-23(34)17-8-16(12-25-13-17)21-14-26-24(29-22(21)32-4-6-36-7-5-32)28-18-9-19(11-20(10-18)35-2)33-15-27-30-31-33/h8-15H,3-7H2,1-2H3,(H,26,28,29). The van der Waals surface area contributed by atoms with Crippen LogP contribution < -0.4 is 15.0 Å². The van der Waals surface area contributed by atoms with Gasteiger partial charge in [-0.2, -0.15) is 4.98 Å². The van der Waals surface area contributed by atoms with Crippen molar-refractivity contribution < 1.29 is 19.0 Å². The molecule has 4 heterocycles. The maximum Gasteiger partial charge on any atom is 0.339 e. The van der Waals surface area contributed by atoms with E-state index in [0.717, 1.165) is 5.56 Å². The normalized spacial score (nSPS) is 13.3. The van der Waals surface area contributed by atoms with Gasteiger partial charge in [-0.05, 0) is 29.5 Å². The van der Waals surface area contributed by atoms with Crippen molar-refractivity contribution in [3.8, 4) is 22.6 Å². The summed E-state index contributed by atoms with van der Waals surface area (Å²) in [5.41, 5.74) is 3.21. The Morgan fingerprint density at radius 1 is 1.14 bits per heavy atom. The lowest BCUT2D eigenvalue weighted by Gasteiger charge is -2.29. The Balaban J connectivity index is 1.51. The van der Waals surface area contributed by atoms with E-state index in [0.29, 0.717) is 66.3 Å². The van der Waals surface area contributed by atoms with Crippen LogP contribution in [0.15, 0.2) is 49.2 Å². The highest BCUT2D eigenvalue weighted by Gasteiger charge is 2.20. The molecule has 0 atom stereocenters. The molecule has 1 aliphatic heterocycles. The summed E-state index contributed by atoms with van der Waals surface area (Å²) in [5, 5.41) is 14.6. The van der Waals surface area contributed by atoms with Gasteiger partial charge in [0.25, 0.3) is 0 Å². The summed E-state index contributed by atoms with van der Waals surface area (Å²) in [5.74, 6) is 1.27. The zero-order valence-electron chi connectivity index (χ0n) is 20.4. The second-order valence-electron chi connectivity index (χ2n) is 8.01. The highest BCUT2D eigenvalue weighted by molar-refractivity contribution is 5.91. The smallest absolute Gasteiger partial charge is 0.339 e. The van der Waals surface area contributed by atoms with Crippen molar-refractivity contribution in [1.82, 2.24) is 35.2 Å². The number of carbonyl (C=O) groups excluding carboxylic acids is 1. The van der Waals surface area contributed by atoms with Crippen molar-refractivity contribution in [1.29, 1.82) is 0 Å². The molecule has 1 aliphatic rings. The van der Waals surface area contributed by atoms with Gasteiger partial charge in [0.05, 0.1) is 38.2 Å². The largest absolute Gasteiger partial charge is 0.497 e. The molecule has 0 unspecified atom stereocenters. The van der Waals surface area contributed by atoms with Crippen molar-refractivity contribution in [2.75, 3.05) is 50.2 Å². The Kier molecular flexibility index (Phi) is 7.12. The lowest BCUT2D eigenvalue weighted by Crippen LogP contribution is -2.37. The summed E-state index contributed by atoms with van der Waals surface area (Å²) in [6, 6.07) is 7.24. The number of benzene rings is 1. The number of nitrogens with one attached hydrogen (secondary N) is 1. The number of hydrogen-bond donors (Lipinski definition) is 1. The second-order valence-corrected chi connectivity index (χ2v) is 8.01. The van der Waals surface area contributed by atoms with Crippen LogP contribution in [0, 0.1) is 0 Å². The van der Waals surface area contributed by atoms with Crippen LogP contribution in [0.5, 0.6) is 5.75 Å². The molecule has 1 N–H and O–H groups in total. The number of carbonyl (C=O) groups is 1. The van der Waals surface area contributed by atoms with E-state index in [1.165, 1.54) is 17.2 Å². The molecule has 0 bridgehead atoms. The Hall–Kier alpha value is -4.65. The van der Waals surface area contributed by atoms with Crippen molar-refractivity contribution >= 4 is 23.4 Å². The van der Waals surface area contributed by atoms with Gasteiger partial charge in [-0.25, -0.2) is 14.5 Å². The lowest BCUT2D eigenvalue weighted by atomic mass is 10.1. The van der Waals surface area contributed by atoms with E-state index in [1.54, 1.807) is 32.5 Å². The van der Waals surface area contributed by atoms with Gasteiger partial charge >= 0.3 is 5.97 Å². The number of esters is 1. The summed E-state index contributed by atoms with van der Waals surface area (Å²) in [6.45, 7) is 4.54. The minimum atomic E-state index is -0.430. The molecule has 37 heavy (non-hydrogen) atoms. The third-order valence-corrected chi connectivity index (χ3v) is 5.64. The first kappa shape index (κ1) is 24.1.